The lowest BCUT2D eigenvalue weighted by molar-refractivity contribution is 0.408. The Balaban J connectivity index is 2.98. The van der Waals surface area contributed by atoms with Crippen LogP contribution in [-0.4, -0.2) is 9.55 Å². The van der Waals surface area contributed by atoms with Crippen molar-refractivity contribution in [2.45, 2.75) is 59.4 Å². The van der Waals surface area contributed by atoms with E-state index in [0.29, 0.717) is 5.82 Å². The van der Waals surface area contributed by atoms with Gasteiger partial charge in [0.15, 0.2) is 0 Å². The smallest absolute Gasteiger partial charge is 0.133 e. The van der Waals surface area contributed by atoms with Crippen molar-refractivity contribution in [1.82, 2.24) is 9.55 Å². The molecule has 0 fully saturated rings. The standard InChI is InChI=1S/C16H25N3/c1-10-8-18-14(17)12-11(15(2,3)4)9-19(13(10)12)16(5,6)7/h8-9H,1-7H3,(H2,17,18). The van der Waals surface area contributed by atoms with Crippen molar-refractivity contribution < 1.29 is 0 Å². The van der Waals surface area contributed by atoms with Crippen LogP contribution in [0.1, 0.15) is 52.7 Å². The molecule has 0 unspecified atom stereocenters. The van der Waals surface area contributed by atoms with E-state index in [1.165, 1.54) is 16.6 Å². The molecule has 0 atom stereocenters. The summed E-state index contributed by atoms with van der Waals surface area (Å²) in [6.07, 6.45) is 4.11. The van der Waals surface area contributed by atoms with Crippen LogP contribution in [-0.2, 0) is 11.0 Å². The molecule has 0 aliphatic rings. The summed E-state index contributed by atoms with van der Waals surface area (Å²) in [6, 6.07) is 0. The van der Waals surface area contributed by atoms with E-state index in [2.05, 4.69) is 64.2 Å². The molecule has 0 spiro atoms. The van der Waals surface area contributed by atoms with E-state index in [4.69, 9.17) is 5.73 Å². The minimum atomic E-state index is 0.0281. The van der Waals surface area contributed by atoms with Crippen LogP contribution in [0.4, 0.5) is 5.82 Å². The summed E-state index contributed by atoms with van der Waals surface area (Å²) in [5.74, 6) is 0.633. The molecule has 0 saturated heterocycles. The summed E-state index contributed by atoms with van der Waals surface area (Å²) in [6.45, 7) is 15.4. The van der Waals surface area contributed by atoms with Crippen LogP contribution < -0.4 is 5.73 Å². The molecule has 0 bridgehead atoms. The van der Waals surface area contributed by atoms with Crippen molar-refractivity contribution in [2.75, 3.05) is 5.73 Å². The Bertz CT molecular complexity index is 568. The predicted molar refractivity (Wildman–Crippen MR) is 82.6 cm³/mol. The van der Waals surface area contributed by atoms with Crippen molar-refractivity contribution in [1.29, 1.82) is 0 Å². The lowest BCUT2D eigenvalue weighted by atomic mass is 9.87. The molecule has 19 heavy (non-hydrogen) atoms. The Hall–Kier alpha value is -1.51. The van der Waals surface area contributed by atoms with E-state index in [0.717, 1.165) is 5.39 Å². The maximum absolute atomic E-state index is 6.15. The van der Waals surface area contributed by atoms with Crippen LogP contribution in [0.2, 0.25) is 0 Å². The second-order valence-electron chi connectivity index (χ2n) is 7.38. The van der Waals surface area contributed by atoms with E-state index < -0.39 is 0 Å². The third-order valence-electron chi connectivity index (χ3n) is 3.56. The number of anilines is 1. The van der Waals surface area contributed by atoms with Crippen LogP contribution in [0, 0.1) is 6.92 Å². The normalized spacial score (nSPS) is 13.2. The Morgan fingerprint density at radius 3 is 2.16 bits per heavy atom. The number of hydrogen-bond acceptors (Lipinski definition) is 2. The SMILES string of the molecule is Cc1cnc(N)c2c(C(C)(C)C)cn(C(C)(C)C)c12. The molecule has 104 valence electrons. The van der Waals surface area contributed by atoms with Gasteiger partial charge in [0.25, 0.3) is 0 Å². The molecular formula is C16H25N3. The van der Waals surface area contributed by atoms with Crippen LogP contribution >= 0.6 is 0 Å². The van der Waals surface area contributed by atoms with E-state index in [-0.39, 0.29) is 11.0 Å². The molecule has 2 aromatic heterocycles. The highest BCUT2D eigenvalue weighted by Crippen LogP contribution is 2.38. The lowest BCUT2D eigenvalue weighted by Gasteiger charge is -2.23. The number of nitrogens with two attached hydrogens (primary N) is 1. The highest BCUT2D eigenvalue weighted by molar-refractivity contribution is 5.95. The second-order valence-corrected chi connectivity index (χ2v) is 7.38. The van der Waals surface area contributed by atoms with Gasteiger partial charge in [-0.2, -0.15) is 0 Å². The van der Waals surface area contributed by atoms with Crippen LogP contribution in [0.15, 0.2) is 12.4 Å². The average molecular weight is 259 g/mol. The molecule has 0 aromatic carbocycles. The molecule has 2 rings (SSSR count). The molecule has 3 heteroatoms. The van der Waals surface area contributed by atoms with Crippen LogP contribution in [0.5, 0.6) is 0 Å². The van der Waals surface area contributed by atoms with Gasteiger partial charge in [0.1, 0.15) is 5.82 Å². The van der Waals surface area contributed by atoms with Crippen molar-refractivity contribution in [3.63, 3.8) is 0 Å². The molecule has 0 saturated carbocycles. The summed E-state index contributed by atoms with van der Waals surface area (Å²) in [5, 5.41) is 1.11. The van der Waals surface area contributed by atoms with Gasteiger partial charge in [0, 0.05) is 23.3 Å². The molecule has 0 aliphatic heterocycles. The summed E-state index contributed by atoms with van der Waals surface area (Å²) in [5.41, 5.74) is 9.89. The molecule has 0 aliphatic carbocycles. The van der Waals surface area contributed by atoms with Gasteiger partial charge in [-0.05, 0) is 44.2 Å². The molecule has 2 aromatic rings. The van der Waals surface area contributed by atoms with Crippen molar-refractivity contribution in [3.8, 4) is 0 Å². The molecule has 0 amide bonds. The highest BCUT2D eigenvalue weighted by atomic mass is 15.0. The van der Waals surface area contributed by atoms with E-state index in [1.807, 2.05) is 6.20 Å². The Labute approximate surface area is 115 Å². The molecule has 0 radical (unpaired) electrons. The quantitative estimate of drug-likeness (QED) is 0.777. The van der Waals surface area contributed by atoms with E-state index in [1.54, 1.807) is 0 Å². The van der Waals surface area contributed by atoms with Gasteiger partial charge in [-0.15, -0.1) is 0 Å². The first-order chi connectivity index (χ1) is 8.53. The topological polar surface area (TPSA) is 43.8 Å². The monoisotopic (exact) mass is 259 g/mol. The first kappa shape index (κ1) is 13.9. The Morgan fingerprint density at radius 1 is 1.11 bits per heavy atom. The molecular weight excluding hydrogens is 234 g/mol. The number of fused-ring (bicyclic) bond motifs is 1. The number of nitrogens with zero attached hydrogens (tertiary/aromatic N) is 2. The zero-order valence-corrected chi connectivity index (χ0v) is 13.1. The fourth-order valence-corrected chi connectivity index (χ4v) is 2.54. The highest BCUT2D eigenvalue weighted by Gasteiger charge is 2.26. The van der Waals surface area contributed by atoms with Gasteiger partial charge in [-0.25, -0.2) is 4.98 Å². The summed E-state index contributed by atoms with van der Waals surface area (Å²) >= 11 is 0. The van der Waals surface area contributed by atoms with Gasteiger partial charge >= 0.3 is 0 Å². The van der Waals surface area contributed by atoms with Crippen molar-refractivity contribution in [2.24, 2.45) is 0 Å². The van der Waals surface area contributed by atoms with Gasteiger partial charge in [-0.1, -0.05) is 20.8 Å². The van der Waals surface area contributed by atoms with Gasteiger partial charge in [-0.3, -0.25) is 0 Å². The second kappa shape index (κ2) is 3.99. The zero-order chi connectivity index (χ0) is 14.6. The average Bonchev–Trinajstić information content (AvgIpc) is 2.63. The number of nitrogen functional groups attached to an aromatic ring is 1. The first-order valence-electron chi connectivity index (χ1n) is 6.80. The Kier molecular flexibility index (Phi) is 2.92. The third-order valence-corrected chi connectivity index (χ3v) is 3.56. The third kappa shape index (κ3) is 2.22. The number of aryl methyl sites for hydroxylation is 1. The fourth-order valence-electron chi connectivity index (χ4n) is 2.54. The number of aromatic nitrogens is 2. The number of hydrogen-bond donors (Lipinski definition) is 1. The minimum Gasteiger partial charge on any atom is -0.383 e. The van der Waals surface area contributed by atoms with E-state index in [9.17, 15) is 0 Å². The summed E-state index contributed by atoms with van der Waals surface area (Å²) in [4.78, 5) is 4.34. The van der Waals surface area contributed by atoms with E-state index >= 15 is 0 Å². The molecule has 3 nitrogen and oxygen atoms in total. The zero-order valence-electron chi connectivity index (χ0n) is 13.1. The van der Waals surface area contributed by atoms with Gasteiger partial charge in [0.05, 0.1) is 5.52 Å². The molecule has 2 heterocycles. The predicted octanol–water partition coefficient (Wildman–Crippen LogP) is 3.98. The van der Waals surface area contributed by atoms with Crippen molar-refractivity contribution >= 4 is 16.7 Å². The first-order valence-corrected chi connectivity index (χ1v) is 6.80. The Morgan fingerprint density at radius 2 is 1.68 bits per heavy atom. The number of pyridine rings is 1. The largest absolute Gasteiger partial charge is 0.383 e. The number of rotatable bonds is 0. The lowest BCUT2D eigenvalue weighted by Crippen LogP contribution is -2.21. The van der Waals surface area contributed by atoms with Crippen LogP contribution in [0.25, 0.3) is 10.9 Å². The maximum Gasteiger partial charge on any atom is 0.133 e. The minimum absolute atomic E-state index is 0.0281. The van der Waals surface area contributed by atoms with Crippen molar-refractivity contribution in [3.05, 3.63) is 23.5 Å². The van der Waals surface area contributed by atoms with Gasteiger partial charge in [0.2, 0.25) is 0 Å². The maximum atomic E-state index is 6.15. The molecule has 2 N–H and O–H groups in total. The summed E-state index contributed by atoms with van der Waals surface area (Å²) < 4.78 is 2.33. The summed E-state index contributed by atoms with van der Waals surface area (Å²) in [7, 11) is 0. The van der Waals surface area contributed by atoms with Gasteiger partial charge < -0.3 is 10.3 Å². The fraction of sp³-hybridized carbons (Fsp3) is 0.562. The van der Waals surface area contributed by atoms with Crippen LogP contribution in [0.3, 0.4) is 0 Å².